The zero-order valence-corrected chi connectivity index (χ0v) is 9.84. The molecule has 1 rings (SSSR count). The molecule has 1 saturated heterocycles. The maximum atomic E-state index is 12.2. The van der Waals surface area contributed by atoms with Gasteiger partial charge in [0.25, 0.3) is 0 Å². The molecular formula is C10H17F3N2O2. The summed E-state index contributed by atoms with van der Waals surface area (Å²) < 4.78 is 36.5. The number of hydrogen-bond acceptors (Lipinski definition) is 3. The molecule has 4 nitrogen and oxygen atoms in total. The van der Waals surface area contributed by atoms with Gasteiger partial charge in [0.1, 0.15) is 5.54 Å². The fourth-order valence-electron chi connectivity index (χ4n) is 2.05. The summed E-state index contributed by atoms with van der Waals surface area (Å²) in [6.45, 7) is 1.01. The molecule has 0 amide bonds. The SMILES string of the molecule is CC1CC(NCC(F)(F)F)(C(=O)O)CCN1C. The van der Waals surface area contributed by atoms with Crippen molar-refractivity contribution in [3.05, 3.63) is 0 Å². The minimum absolute atomic E-state index is 0.0550. The topological polar surface area (TPSA) is 52.6 Å². The van der Waals surface area contributed by atoms with E-state index in [1.807, 2.05) is 18.9 Å². The molecule has 0 bridgehead atoms. The van der Waals surface area contributed by atoms with Crippen molar-refractivity contribution in [2.24, 2.45) is 0 Å². The average Bonchev–Trinajstić information content (AvgIpc) is 2.19. The van der Waals surface area contributed by atoms with Gasteiger partial charge in [-0.25, -0.2) is 0 Å². The standard InChI is InChI=1S/C10H17F3N2O2/c1-7-5-9(8(16)17,3-4-15(7)2)14-6-10(11,12)13/h7,14H,3-6H2,1-2H3,(H,16,17). The molecule has 0 spiro atoms. The van der Waals surface area contributed by atoms with E-state index in [-0.39, 0.29) is 18.9 Å². The molecule has 7 heteroatoms. The number of nitrogens with one attached hydrogen (secondary N) is 1. The highest BCUT2D eigenvalue weighted by Crippen LogP contribution is 2.27. The van der Waals surface area contributed by atoms with Crippen molar-refractivity contribution in [3.63, 3.8) is 0 Å². The molecule has 0 aromatic carbocycles. The molecule has 100 valence electrons. The molecule has 2 unspecified atom stereocenters. The smallest absolute Gasteiger partial charge is 0.401 e. The van der Waals surface area contributed by atoms with Gasteiger partial charge < -0.3 is 10.0 Å². The number of piperidine rings is 1. The van der Waals surface area contributed by atoms with Crippen molar-refractivity contribution in [1.82, 2.24) is 10.2 Å². The molecule has 1 aliphatic heterocycles. The number of likely N-dealkylation sites (tertiary alicyclic amines) is 1. The Bertz CT molecular complexity index is 296. The zero-order chi connectivity index (χ0) is 13.3. The Labute approximate surface area is 97.8 Å². The van der Waals surface area contributed by atoms with Gasteiger partial charge in [0.05, 0.1) is 6.54 Å². The van der Waals surface area contributed by atoms with E-state index < -0.39 is 24.2 Å². The van der Waals surface area contributed by atoms with Gasteiger partial charge in [0.15, 0.2) is 0 Å². The summed E-state index contributed by atoms with van der Waals surface area (Å²) in [4.78, 5) is 13.1. The summed E-state index contributed by atoms with van der Waals surface area (Å²) in [7, 11) is 1.83. The van der Waals surface area contributed by atoms with Crippen LogP contribution in [-0.4, -0.2) is 53.9 Å². The van der Waals surface area contributed by atoms with Crippen molar-refractivity contribution in [2.75, 3.05) is 20.1 Å². The molecule has 2 atom stereocenters. The third-order valence-electron chi connectivity index (χ3n) is 3.32. The fourth-order valence-corrected chi connectivity index (χ4v) is 2.05. The van der Waals surface area contributed by atoms with Crippen LogP contribution in [0.4, 0.5) is 13.2 Å². The third-order valence-corrected chi connectivity index (χ3v) is 3.32. The van der Waals surface area contributed by atoms with E-state index in [2.05, 4.69) is 5.32 Å². The number of carbonyl (C=O) groups is 1. The summed E-state index contributed by atoms with van der Waals surface area (Å²) >= 11 is 0. The summed E-state index contributed by atoms with van der Waals surface area (Å²) in [5.74, 6) is -1.21. The second kappa shape index (κ2) is 4.81. The fraction of sp³-hybridized carbons (Fsp3) is 0.900. The average molecular weight is 254 g/mol. The number of hydrogen-bond donors (Lipinski definition) is 2. The van der Waals surface area contributed by atoms with Gasteiger partial charge in [-0.05, 0) is 26.8 Å². The van der Waals surface area contributed by atoms with Crippen LogP contribution in [0, 0.1) is 0 Å². The number of nitrogens with zero attached hydrogens (tertiary/aromatic N) is 1. The van der Waals surface area contributed by atoms with Crippen molar-refractivity contribution in [2.45, 2.75) is 37.5 Å². The summed E-state index contributed by atoms with van der Waals surface area (Å²) in [5.41, 5.74) is -1.46. The van der Waals surface area contributed by atoms with E-state index in [0.29, 0.717) is 6.54 Å². The lowest BCUT2D eigenvalue weighted by Gasteiger charge is -2.42. The van der Waals surface area contributed by atoms with Crippen LogP contribution in [0.2, 0.25) is 0 Å². The predicted octanol–water partition coefficient (Wildman–Crippen LogP) is 1.08. The Morgan fingerprint density at radius 3 is 2.59 bits per heavy atom. The van der Waals surface area contributed by atoms with Crippen LogP contribution in [0.5, 0.6) is 0 Å². The lowest BCUT2D eigenvalue weighted by Crippen LogP contribution is -2.61. The minimum atomic E-state index is -4.39. The Morgan fingerprint density at radius 2 is 2.18 bits per heavy atom. The first-order chi connectivity index (χ1) is 7.66. The van der Waals surface area contributed by atoms with Gasteiger partial charge in [0, 0.05) is 12.6 Å². The highest BCUT2D eigenvalue weighted by atomic mass is 19.4. The molecule has 2 N–H and O–H groups in total. The van der Waals surface area contributed by atoms with Crippen LogP contribution in [0.1, 0.15) is 19.8 Å². The number of carboxylic acids is 1. The van der Waals surface area contributed by atoms with Crippen molar-refractivity contribution in [3.8, 4) is 0 Å². The minimum Gasteiger partial charge on any atom is -0.480 e. The predicted molar refractivity (Wildman–Crippen MR) is 55.8 cm³/mol. The van der Waals surface area contributed by atoms with E-state index in [9.17, 15) is 18.0 Å². The van der Waals surface area contributed by atoms with E-state index >= 15 is 0 Å². The van der Waals surface area contributed by atoms with Gasteiger partial charge in [0.2, 0.25) is 0 Å². The van der Waals surface area contributed by atoms with Crippen LogP contribution in [0.25, 0.3) is 0 Å². The summed E-state index contributed by atoms with van der Waals surface area (Å²) in [6.07, 6.45) is -4.04. The van der Waals surface area contributed by atoms with E-state index in [1.165, 1.54) is 0 Å². The molecule has 1 heterocycles. The van der Waals surface area contributed by atoms with Gasteiger partial charge in [-0.3, -0.25) is 10.1 Å². The van der Waals surface area contributed by atoms with Crippen molar-refractivity contribution in [1.29, 1.82) is 0 Å². The van der Waals surface area contributed by atoms with Crippen molar-refractivity contribution >= 4 is 5.97 Å². The first-order valence-corrected chi connectivity index (χ1v) is 5.42. The number of alkyl halides is 3. The lowest BCUT2D eigenvalue weighted by molar-refractivity contribution is -0.154. The second-order valence-corrected chi connectivity index (χ2v) is 4.64. The maximum absolute atomic E-state index is 12.2. The quantitative estimate of drug-likeness (QED) is 0.791. The van der Waals surface area contributed by atoms with E-state index in [0.717, 1.165) is 0 Å². The van der Waals surface area contributed by atoms with Crippen LogP contribution >= 0.6 is 0 Å². The molecule has 0 radical (unpaired) electrons. The van der Waals surface area contributed by atoms with Crippen LogP contribution < -0.4 is 5.32 Å². The first kappa shape index (κ1) is 14.2. The van der Waals surface area contributed by atoms with Gasteiger partial charge >= 0.3 is 12.1 Å². The zero-order valence-electron chi connectivity index (χ0n) is 9.84. The monoisotopic (exact) mass is 254 g/mol. The van der Waals surface area contributed by atoms with Crippen LogP contribution in [0.15, 0.2) is 0 Å². The summed E-state index contributed by atoms with van der Waals surface area (Å²) in [5, 5.41) is 11.3. The molecule has 0 aromatic rings. The van der Waals surface area contributed by atoms with E-state index in [1.54, 1.807) is 0 Å². The highest BCUT2D eigenvalue weighted by Gasteiger charge is 2.45. The van der Waals surface area contributed by atoms with Crippen LogP contribution in [0.3, 0.4) is 0 Å². The first-order valence-electron chi connectivity index (χ1n) is 5.42. The number of aliphatic carboxylic acids is 1. The van der Waals surface area contributed by atoms with Gasteiger partial charge in [-0.2, -0.15) is 13.2 Å². The molecule has 17 heavy (non-hydrogen) atoms. The molecular weight excluding hydrogens is 237 g/mol. The Balaban J connectivity index is 2.74. The largest absolute Gasteiger partial charge is 0.480 e. The normalized spacial score (nSPS) is 31.5. The highest BCUT2D eigenvalue weighted by molar-refractivity contribution is 5.79. The molecule has 0 aromatic heterocycles. The molecule has 1 aliphatic rings. The number of rotatable bonds is 3. The Morgan fingerprint density at radius 1 is 1.59 bits per heavy atom. The molecule has 1 fully saturated rings. The number of halogens is 3. The number of carboxylic acid groups (broad SMARTS) is 1. The van der Waals surface area contributed by atoms with Crippen LogP contribution in [-0.2, 0) is 4.79 Å². The molecule has 0 aliphatic carbocycles. The molecule has 0 saturated carbocycles. The van der Waals surface area contributed by atoms with Crippen molar-refractivity contribution < 1.29 is 23.1 Å². The van der Waals surface area contributed by atoms with Gasteiger partial charge in [-0.15, -0.1) is 0 Å². The Kier molecular flexibility index (Phi) is 4.03. The maximum Gasteiger partial charge on any atom is 0.401 e. The summed E-state index contributed by atoms with van der Waals surface area (Å²) in [6, 6.07) is -0.0550. The Hall–Kier alpha value is -0.820. The van der Waals surface area contributed by atoms with E-state index in [4.69, 9.17) is 5.11 Å². The second-order valence-electron chi connectivity index (χ2n) is 4.64. The van der Waals surface area contributed by atoms with Gasteiger partial charge in [-0.1, -0.05) is 0 Å². The lowest BCUT2D eigenvalue weighted by atomic mass is 9.83. The third kappa shape index (κ3) is 3.57.